The van der Waals surface area contributed by atoms with Crippen LogP contribution in [0.2, 0.25) is 0 Å². The van der Waals surface area contributed by atoms with Crippen LogP contribution in [0.15, 0.2) is 36.7 Å². The Kier molecular flexibility index (Phi) is 4.71. The third-order valence-corrected chi connectivity index (χ3v) is 7.25. The second-order valence-corrected chi connectivity index (χ2v) is 8.54. The number of hydrogen-bond donors (Lipinski definition) is 1. The van der Waals surface area contributed by atoms with Gasteiger partial charge in [-0.3, -0.25) is 14.8 Å². The van der Waals surface area contributed by atoms with Gasteiger partial charge in [0.05, 0.1) is 10.6 Å². The first-order chi connectivity index (χ1) is 9.72. The number of thiophene rings is 1. The quantitative estimate of drug-likeness (QED) is 0.549. The van der Waals surface area contributed by atoms with E-state index in [1.165, 1.54) is 12.1 Å². The van der Waals surface area contributed by atoms with Crippen LogP contribution in [-0.2, 0) is 10.0 Å². The van der Waals surface area contributed by atoms with Gasteiger partial charge >= 0.3 is 0 Å². The summed E-state index contributed by atoms with van der Waals surface area (Å²) >= 11 is 7.41. The molecule has 1 heterocycles. The minimum Gasteiger partial charge on any atom is -0.278 e. The van der Waals surface area contributed by atoms with E-state index >= 15 is 0 Å². The molecule has 0 aliphatic heterocycles. The molecular weight excluding hydrogens is 448 g/mol. The Bertz CT molecular complexity index is 818. The monoisotopic (exact) mass is 454 g/mol. The molecule has 0 aliphatic rings. The number of halogens is 2. The summed E-state index contributed by atoms with van der Waals surface area (Å²) in [7, 11) is -3.81. The molecule has 1 aromatic heterocycles. The highest BCUT2D eigenvalue weighted by atomic mass is 79.9. The molecule has 1 aromatic carbocycles. The molecule has 6 nitrogen and oxygen atoms in total. The summed E-state index contributed by atoms with van der Waals surface area (Å²) in [4.78, 5) is 10.4. The number of nitrogens with zero attached hydrogens (tertiary/aromatic N) is 1. The summed E-state index contributed by atoms with van der Waals surface area (Å²) in [6.45, 7) is 1.58. The molecule has 0 atom stereocenters. The van der Waals surface area contributed by atoms with Crippen LogP contribution in [0.4, 0.5) is 11.4 Å². The minimum absolute atomic E-state index is 0.109. The highest BCUT2D eigenvalue weighted by molar-refractivity contribution is 9.11. The zero-order valence-electron chi connectivity index (χ0n) is 10.5. The van der Waals surface area contributed by atoms with Crippen molar-refractivity contribution >= 4 is 64.6 Å². The maximum Gasteiger partial charge on any atom is 0.274 e. The van der Waals surface area contributed by atoms with Gasteiger partial charge in [0.1, 0.15) is 0 Å². The molecule has 2 rings (SSSR count). The van der Waals surface area contributed by atoms with E-state index in [1.54, 1.807) is 18.4 Å². The van der Waals surface area contributed by atoms with Crippen molar-refractivity contribution in [2.45, 2.75) is 11.1 Å². The Morgan fingerprint density at radius 3 is 2.48 bits per heavy atom. The third kappa shape index (κ3) is 3.44. The van der Waals surface area contributed by atoms with E-state index in [4.69, 9.17) is 0 Å². The summed E-state index contributed by atoms with van der Waals surface area (Å²) in [5.41, 5.74) is 0.404. The van der Waals surface area contributed by atoms with E-state index in [0.29, 0.717) is 14.5 Å². The molecule has 0 radical (unpaired) electrons. The Labute approximate surface area is 141 Å². The summed E-state index contributed by atoms with van der Waals surface area (Å²) in [5, 5.41) is 12.6. The fraction of sp³-hybridized carbons (Fsp3) is 0.0909. The van der Waals surface area contributed by atoms with Gasteiger partial charge < -0.3 is 0 Å². The Morgan fingerprint density at radius 1 is 1.29 bits per heavy atom. The van der Waals surface area contributed by atoms with E-state index in [0.717, 1.165) is 11.3 Å². The second kappa shape index (κ2) is 6.03. The predicted octanol–water partition coefficient (Wildman–Crippen LogP) is 4.29. The molecule has 0 bridgehead atoms. The first kappa shape index (κ1) is 16.4. The number of nitro groups is 1. The molecule has 0 aliphatic carbocycles. The van der Waals surface area contributed by atoms with Crippen LogP contribution in [0, 0.1) is 17.0 Å². The lowest BCUT2D eigenvalue weighted by atomic mass is 10.2. The standard InChI is InChI=1S/C11H8Br2N2O4S2/c1-6-4-8(13)9(5-10(6)15(16)17)14-21(18,19)11-7(12)2-3-20-11/h2-5,14H,1H3. The Morgan fingerprint density at radius 2 is 1.95 bits per heavy atom. The van der Waals surface area contributed by atoms with Crippen LogP contribution >= 0.6 is 43.2 Å². The van der Waals surface area contributed by atoms with Crippen LogP contribution in [0.3, 0.4) is 0 Å². The van der Waals surface area contributed by atoms with Crippen molar-refractivity contribution in [3.05, 3.63) is 48.2 Å². The number of nitro benzene ring substituents is 1. The normalized spacial score (nSPS) is 11.4. The Hall–Kier alpha value is -0.970. The van der Waals surface area contributed by atoms with Gasteiger partial charge in [-0.15, -0.1) is 11.3 Å². The van der Waals surface area contributed by atoms with Crippen molar-refractivity contribution in [1.29, 1.82) is 0 Å². The highest BCUT2D eigenvalue weighted by Gasteiger charge is 2.22. The van der Waals surface area contributed by atoms with Gasteiger partial charge in [-0.25, -0.2) is 8.42 Å². The predicted molar refractivity (Wildman–Crippen MR) is 88.4 cm³/mol. The smallest absolute Gasteiger partial charge is 0.274 e. The molecule has 21 heavy (non-hydrogen) atoms. The molecule has 0 spiro atoms. The Balaban J connectivity index is 2.47. The van der Waals surface area contributed by atoms with E-state index < -0.39 is 14.9 Å². The van der Waals surface area contributed by atoms with Gasteiger partial charge in [0.2, 0.25) is 0 Å². The molecule has 0 fully saturated rings. The molecule has 112 valence electrons. The third-order valence-electron chi connectivity index (χ3n) is 2.56. The number of benzene rings is 1. The van der Waals surface area contributed by atoms with Crippen molar-refractivity contribution in [2.24, 2.45) is 0 Å². The molecular formula is C11H8Br2N2O4S2. The first-order valence-electron chi connectivity index (χ1n) is 5.42. The number of anilines is 1. The van der Waals surface area contributed by atoms with E-state index in [2.05, 4.69) is 36.6 Å². The number of rotatable bonds is 4. The largest absolute Gasteiger partial charge is 0.278 e. The lowest BCUT2D eigenvalue weighted by molar-refractivity contribution is -0.385. The zero-order chi connectivity index (χ0) is 15.8. The number of sulfonamides is 1. The highest BCUT2D eigenvalue weighted by Crippen LogP contribution is 2.34. The molecule has 1 N–H and O–H groups in total. The van der Waals surface area contributed by atoms with Crippen LogP contribution in [0.25, 0.3) is 0 Å². The van der Waals surface area contributed by atoms with Gasteiger partial charge in [-0.1, -0.05) is 0 Å². The van der Waals surface area contributed by atoms with Crippen molar-refractivity contribution in [3.8, 4) is 0 Å². The average molecular weight is 456 g/mol. The first-order valence-corrected chi connectivity index (χ1v) is 9.37. The van der Waals surface area contributed by atoms with Crippen molar-refractivity contribution in [2.75, 3.05) is 4.72 Å². The lowest BCUT2D eigenvalue weighted by Gasteiger charge is -2.10. The molecule has 2 aromatic rings. The van der Waals surface area contributed by atoms with Gasteiger partial charge in [-0.05, 0) is 56.3 Å². The minimum atomic E-state index is -3.81. The maximum atomic E-state index is 12.3. The van der Waals surface area contributed by atoms with E-state index in [-0.39, 0.29) is 15.6 Å². The van der Waals surface area contributed by atoms with Crippen LogP contribution < -0.4 is 4.72 Å². The summed E-state index contributed by atoms with van der Waals surface area (Å²) < 4.78 is 27.9. The number of hydrogen-bond acceptors (Lipinski definition) is 5. The molecule has 0 unspecified atom stereocenters. The summed E-state index contributed by atoms with van der Waals surface area (Å²) in [6.07, 6.45) is 0. The summed E-state index contributed by atoms with van der Waals surface area (Å²) in [5.74, 6) is 0. The lowest BCUT2D eigenvalue weighted by Crippen LogP contribution is -2.12. The zero-order valence-corrected chi connectivity index (χ0v) is 15.3. The molecule has 10 heteroatoms. The van der Waals surface area contributed by atoms with Crippen molar-refractivity contribution in [3.63, 3.8) is 0 Å². The van der Waals surface area contributed by atoms with Crippen LogP contribution in [0.1, 0.15) is 5.56 Å². The SMILES string of the molecule is Cc1cc(Br)c(NS(=O)(=O)c2sccc2Br)cc1[N+](=O)[O-]. The number of aryl methyl sites for hydroxylation is 1. The molecule has 0 amide bonds. The van der Waals surface area contributed by atoms with Crippen LogP contribution in [0.5, 0.6) is 0 Å². The number of nitrogens with one attached hydrogen (secondary N) is 1. The second-order valence-electron chi connectivity index (χ2n) is 4.04. The fourth-order valence-corrected chi connectivity index (χ4v) is 5.70. The molecule has 0 saturated carbocycles. The molecule has 0 saturated heterocycles. The average Bonchev–Trinajstić information content (AvgIpc) is 2.79. The van der Waals surface area contributed by atoms with E-state index in [1.807, 2.05) is 0 Å². The van der Waals surface area contributed by atoms with Gasteiger partial charge in [0.25, 0.3) is 15.7 Å². The summed E-state index contributed by atoms with van der Waals surface area (Å²) in [6, 6.07) is 4.31. The fourth-order valence-electron chi connectivity index (χ4n) is 1.60. The van der Waals surface area contributed by atoms with Crippen LogP contribution in [-0.4, -0.2) is 13.3 Å². The van der Waals surface area contributed by atoms with E-state index in [9.17, 15) is 18.5 Å². The van der Waals surface area contributed by atoms with Gasteiger partial charge in [0, 0.05) is 20.6 Å². The van der Waals surface area contributed by atoms with Gasteiger partial charge in [0.15, 0.2) is 4.21 Å². The van der Waals surface area contributed by atoms with Crippen molar-refractivity contribution in [1.82, 2.24) is 0 Å². The van der Waals surface area contributed by atoms with Crippen molar-refractivity contribution < 1.29 is 13.3 Å². The maximum absolute atomic E-state index is 12.3. The van der Waals surface area contributed by atoms with Gasteiger partial charge in [-0.2, -0.15) is 0 Å². The topological polar surface area (TPSA) is 89.3 Å².